The zero-order valence-electron chi connectivity index (χ0n) is 18.3. The Morgan fingerprint density at radius 1 is 0.765 bits per heavy atom. The van der Waals surface area contributed by atoms with Crippen LogP contribution in [0.1, 0.15) is 31.2 Å². The number of rotatable bonds is 4. The predicted octanol–water partition coefficient (Wildman–Crippen LogP) is 5.69. The Bertz CT molecular complexity index is 1210. The van der Waals surface area contributed by atoms with E-state index in [1.54, 1.807) is 28.0 Å². The molecule has 1 aromatic heterocycles. The van der Waals surface area contributed by atoms with Crippen molar-refractivity contribution in [2.75, 3.05) is 22.9 Å². The molecule has 5 rings (SSSR count). The van der Waals surface area contributed by atoms with Crippen LogP contribution in [0, 0.1) is 0 Å². The summed E-state index contributed by atoms with van der Waals surface area (Å²) >= 11 is 0. The number of amides is 2. The molecule has 8 heteroatoms. The number of anilines is 2. The molecule has 3 heterocycles. The van der Waals surface area contributed by atoms with Crippen LogP contribution in [0.3, 0.4) is 0 Å². The summed E-state index contributed by atoms with van der Waals surface area (Å²) in [4.78, 5) is 32.5. The van der Waals surface area contributed by atoms with Gasteiger partial charge in [0, 0.05) is 54.6 Å². The molecule has 2 amide bonds. The number of hydrogen-bond donors (Lipinski definition) is 0. The topological polar surface area (TPSA) is 53.5 Å². The summed E-state index contributed by atoms with van der Waals surface area (Å²) in [5.74, 6) is 0.0705. The molecule has 0 atom stereocenters. The van der Waals surface area contributed by atoms with Gasteiger partial charge in [0.1, 0.15) is 0 Å². The van der Waals surface area contributed by atoms with E-state index in [1.807, 2.05) is 18.2 Å². The Labute approximate surface area is 194 Å². The van der Waals surface area contributed by atoms with E-state index in [2.05, 4.69) is 4.98 Å². The van der Waals surface area contributed by atoms with Gasteiger partial charge in [0.2, 0.25) is 11.8 Å². The smallest absolute Gasteiger partial charge is 0.312 e. The number of benzene rings is 2. The van der Waals surface area contributed by atoms with Crippen molar-refractivity contribution in [1.29, 1.82) is 0 Å². The third-order valence-electron chi connectivity index (χ3n) is 6.28. The van der Waals surface area contributed by atoms with Gasteiger partial charge in [-0.2, -0.15) is 13.2 Å². The molecule has 0 saturated carbocycles. The average molecular weight is 465 g/mol. The molecule has 2 aliphatic heterocycles. The van der Waals surface area contributed by atoms with E-state index in [4.69, 9.17) is 0 Å². The van der Waals surface area contributed by atoms with Gasteiger partial charge in [0.15, 0.2) is 0 Å². The highest BCUT2D eigenvalue weighted by Crippen LogP contribution is 2.38. The van der Waals surface area contributed by atoms with Crippen LogP contribution in [-0.2, 0) is 15.8 Å². The molecule has 0 radical (unpaired) electrons. The molecule has 3 aromatic rings. The molecule has 5 nitrogen and oxygen atoms in total. The molecule has 34 heavy (non-hydrogen) atoms. The van der Waals surface area contributed by atoms with Crippen molar-refractivity contribution in [1.82, 2.24) is 4.98 Å². The maximum atomic E-state index is 13.4. The first-order valence-corrected chi connectivity index (χ1v) is 11.2. The van der Waals surface area contributed by atoms with Gasteiger partial charge in [-0.15, -0.1) is 0 Å². The fourth-order valence-corrected chi connectivity index (χ4v) is 4.59. The number of alkyl halides is 3. The predicted molar refractivity (Wildman–Crippen MR) is 123 cm³/mol. The van der Waals surface area contributed by atoms with Crippen molar-refractivity contribution in [2.24, 2.45) is 0 Å². The monoisotopic (exact) mass is 465 g/mol. The fraction of sp³-hybridized carbons (Fsp3) is 0.269. The third kappa shape index (κ3) is 4.16. The maximum Gasteiger partial charge on any atom is 0.417 e. The van der Waals surface area contributed by atoms with Gasteiger partial charge in [-0.25, -0.2) is 0 Å². The van der Waals surface area contributed by atoms with Crippen molar-refractivity contribution in [3.05, 3.63) is 66.4 Å². The van der Waals surface area contributed by atoms with Crippen LogP contribution in [0.4, 0.5) is 24.5 Å². The summed E-state index contributed by atoms with van der Waals surface area (Å²) in [7, 11) is 0. The largest absolute Gasteiger partial charge is 0.417 e. The number of hydrogen-bond acceptors (Lipinski definition) is 3. The van der Waals surface area contributed by atoms with Crippen molar-refractivity contribution < 1.29 is 22.8 Å². The lowest BCUT2D eigenvalue weighted by Crippen LogP contribution is -2.26. The van der Waals surface area contributed by atoms with Crippen molar-refractivity contribution in [3.63, 3.8) is 0 Å². The minimum atomic E-state index is -4.48. The number of carbonyl (C=O) groups is 2. The second kappa shape index (κ2) is 8.59. The Morgan fingerprint density at radius 2 is 1.38 bits per heavy atom. The molecule has 2 aromatic carbocycles. The number of pyridine rings is 1. The summed E-state index contributed by atoms with van der Waals surface area (Å²) in [5.41, 5.74) is 2.35. The summed E-state index contributed by atoms with van der Waals surface area (Å²) in [6.45, 7) is 1.22. The number of nitrogens with zero attached hydrogens (tertiary/aromatic N) is 3. The lowest BCUT2D eigenvalue weighted by Gasteiger charge is -2.22. The third-order valence-corrected chi connectivity index (χ3v) is 6.28. The summed E-state index contributed by atoms with van der Waals surface area (Å²) in [6.07, 6.45) is -0.437. The molecule has 2 saturated heterocycles. The van der Waals surface area contributed by atoms with Gasteiger partial charge < -0.3 is 9.80 Å². The highest BCUT2D eigenvalue weighted by Gasteiger charge is 2.33. The zero-order chi connectivity index (χ0) is 23.9. The normalized spacial score (nSPS) is 16.6. The first kappa shape index (κ1) is 22.1. The van der Waals surface area contributed by atoms with Crippen molar-refractivity contribution >= 4 is 23.2 Å². The van der Waals surface area contributed by atoms with E-state index in [9.17, 15) is 22.8 Å². The van der Waals surface area contributed by atoms with Gasteiger partial charge in [-0.05, 0) is 48.7 Å². The van der Waals surface area contributed by atoms with Crippen LogP contribution in [0.25, 0.3) is 22.4 Å². The van der Waals surface area contributed by atoms with E-state index in [0.29, 0.717) is 42.9 Å². The van der Waals surface area contributed by atoms with E-state index >= 15 is 0 Å². The second-order valence-corrected chi connectivity index (χ2v) is 8.51. The van der Waals surface area contributed by atoms with E-state index in [1.165, 1.54) is 18.3 Å². The van der Waals surface area contributed by atoms with Crippen LogP contribution in [0.15, 0.2) is 60.8 Å². The van der Waals surface area contributed by atoms with Gasteiger partial charge >= 0.3 is 6.18 Å². The van der Waals surface area contributed by atoms with Gasteiger partial charge in [-0.1, -0.05) is 24.3 Å². The molecule has 2 aliphatic rings. The fourth-order valence-electron chi connectivity index (χ4n) is 4.59. The molecule has 0 bridgehead atoms. The van der Waals surface area contributed by atoms with Crippen LogP contribution < -0.4 is 9.80 Å². The van der Waals surface area contributed by atoms with E-state index < -0.39 is 11.7 Å². The second-order valence-electron chi connectivity index (χ2n) is 8.51. The molecule has 174 valence electrons. The van der Waals surface area contributed by atoms with Crippen LogP contribution in [-0.4, -0.2) is 29.9 Å². The number of halogens is 3. The maximum absolute atomic E-state index is 13.4. The van der Waals surface area contributed by atoms with Crippen molar-refractivity contribution in [3.8, 4) is 22.4 Å². The minimum absolute atomic E-state index is 0.0151. The Balaban J connectivity index is 1.55. The first-order valence-electron chi connectivity index (χ1n) is 11.2. The highest BCUT2D eigenvalue weighted by atomic mass is 19.4. The first-order chi connectivity index (χ1) is 16.3. The lowest BCUT2D eigenvalue weighted by atomic mass is 10.0. The SMILES string of the molecule is O=C1CCCN1c1cc(-c2ccc(-c3ccccc3C(F)(F)F)nc2)cc(N2CCCC2=O)c1. The quantitative estimate of drug-likeness (QED) is 0.498. The minimum Gasteiger partial charge on any atom is -0.312 e. The summed E-state index contributed by atoms with van der Waals surface area (Å²) < 4.78 is 40.3. The highest BCUT2D eigenvalue weighted by molar-refractivity contribution is 6.00. The molecule has 0 spiro atoms. The molecular formula is C26H22F3N3O2. The van der Waals surface area contributed by atoms with Gasteiger partial charge in [0.25, 0.3) is 0 Å². The van der Waals surface area contributed by atoms with Crippen LogP contribution in [0.2, 0.25) is 0 Å². The van der Waals surface area contributed by atoms with E-state index in [0.717, 1.165) is 24.5 Å². The Hall–Kier alpha value is -3.68. The zero-order valence-corrected chi connectivity index (χ0v) is 18.3. The van der Waals surface area contributed by atoms with Gasteiger partial charge in [0.05, 0.1) is 11.3 Å². The molecular weight excluding hydrogens is 443 g/mol. The molecule has 2 fully saturated rings. The summed E-state index contributed by atoms with van der Waals surface area (Å²) in [6, 6.07) is 14.2. The molecule has 0 unspecified atom stereocenters. The molecule has 0 aliphatic carbocycles. The Morgan fingerprint density at radius 3 is 1.88 bits per heavy atom. The van der Waals surface area contributed by atoms with Gasteiger partial charge in [-0.3, -0.25) is 14.6 Å². The Kier molecular flexibility index (Phi) is 5.59. The number of aromatic nitrogens is 1. The van der Waals surface area contributed by atoms with Crippen LogP contribution in [0.5, 0.6) is 0 Å². The van der Waals surface area contributed by atoms with Crippen molar-refractivity contribution in [2.45, 2.75) is 31.9 Å². The summed E-state index contributed by atoms with van der Waals surface area (Å²) in [5, 5.41) is 0. The lowest BCUT2D eigenvalue weighted by molar-refractivity contribution is -0.137. The number of carbonyl (C=O) groups excluding carboxylic acids is 2. The van der Waals surface area contributed by atoms with E-state index in [-0.39, 0.29) is 23.1 Å². The average Bonchev–Trinajstić information content (AvgIpc) is 3.46. The van der Waals surface area contributed by atoms with Crippen LogP contribution >= 0.6 is 0 Å². The molecule has 0 N–H and O–H groups in total. The standard InChI is InChI=1S/C26H22F3N3O2/c27-26(28,29)22-6-2-1-5-21(22)23-10-9-17(16-30-23)18-13-19(31-11-3-7-24(31)33)15-20(14-18)32-12-4-8-25(32)34/h1-2,5-6,9-10,13-16H,3-4,7-8,11-12H2.